The molecule has 0 radical (unpaired) electrons. The Morgan fingerprint density at radius 3 is 2.08 bits per heavy atom. The van der Waals surface area contributed by atoms with Gasteiger partial charge in [0.25, 0.3) is 0 Å². The lowest BCUT2D eigenvalue weighted by molar-refractivity contribution is 0.195. The third-order valence-corrected chi connectivity index (χ3v) is 4.02. The molecule has 0 aliphatic heterocycles. The van der Waals surface area contributed by atoms with Gasteiger partial charge >= 0.3 is 0 Å². The number of allylic oxidation sites excluding steroid dienone is 2. The van der Waals surface area contributed by atoms with Crippen molar-refractivity contribution in [2.24, 2.45) is 17.3 Å². The zero-order valence-electron chi connectivity index (χ0n) is 9.36. The molecule has 0 heteroatoms. The molecule has 1 aliphatic rings. The highest BCUT2D eigenvalue weighted by Gasteiger charge is 2.34. The van der Waals surface area contributed by atoms with E-state index in [9.17, 15) is 0 Å². The van der Waals surface area contributed by atoms with Crippen LogP contribution in [0.25, 0.3) is 0 Å². The first-order valence-electron chi connectivity index (χ1n) is 5.03. The molecule has 2 atom stereocenters. The third-order valence-electron chi connectivity index (χ3n) is 4.02. The molecule has 0 aromatic rings. The van der Waals surface area contributed by atoms with Gasteiger partial charge in [-0.25, -0.2) is 0 Å². The Morgan fingerprint density at radius 2 is 1.58 bits per heavy atom. The molecule has 0 nitrogen and oxygen atoms in total. The van der Waals surface area contributed by atoms with Gasteiger partial charge < -0.3 is 0 Å². The molecule has 1 rings (SSSR count). The Hall–Kier alpha value is -0.260. The van der Waals surface area contributed by atoms with E-state index in [0.717, 1.165) is 11.8 Å². The molecular formula is C12H22. The molecule has 0 bridgehead atoms. The maximum Gasteiger partial charge on any atom is -0.0180 e. The van der Waals surface area contributed by atoms with Crippen molar-refractivity contribution in [2.75, 3.05) is 0 Å². The largest absolute Gasteiger partial charge is 0.0713 e. The highest BCUT2D eigenvalue weighted by molar-refractivity contribution is 5.21. The Morgan fingerprint density at radius 1 is 1.08 bits per heavy atom. The minimum atomic E-state index is 0.503. The molecule has 0 saturated carbocycles. The lowest BCUT2D eigenvalue weighted by atomic mass is 9.64. The molecule has 0 saturated heterocycles. The summed E-state index contributed by atoms with van der Waals surface area (Å²) in [6.45, 7) is 14.1. The summed E-state index contributed by atoms with van der Waals surface area (Å²) in [5.74, 6) is 1.55. The van der Waals surface area contributed by atoms with E-state index in [1.807, 2.05) is 0 Å². The summed E-state index contributed by atoms with van der Waals surface area (Å²) >= 11 is 0. The first kappa shape index (κ1) is 9.83. The number of hydrogen-bond donors (Lipinski definition) is 0. The van der Waals surface area contributed by atoms with Gasteiger partial charge in [0.05, 0.1) is 0 Å². The van der Waals surface area contributed by atoms with Crippen molar-refractivity contribution >= 4 is 0 Å². The second-order valence-corrected chi connectivity index (χ2v) is 5.18. The van der Waals surface area contributed by atoms with E-state index in [4.69, 9.17) is 0 Å². The van der Waals surface area contributed by atoms with Gasteiger partial charge in [-0.2, -0.15) is 0 Å². The molecular weight excluding hydrogens is 144 g/mol. The van der Waals surface area contributed by atoms with Crippen LogP contribution in [0.15, 0.2) is 11.1 Å². The lowest BCUT2D eigenvalue weighted by Crippen LogP contribution is -2.30. The topological polar surface area (TPSA) is 0 Å². The fraction of sp³-hybridized carbons (Fsp3) is 0.833. The second-order valence-electron chi connectivity index (χ2n) is 5.18. The summed E-state index contributed by atoms with van der Waals surface area (Å²) in [4.78, 5) is 0. The monoisotopic (exact) mass is 166 g/mol. The Balaban J connectivity index is 3.02. The van der Waals surface area contributed by atoms with Crippen molar-refractivity contribution in [1.29, 1.82) is 0 Å². The summed E-state index contributed by atoms with van der Waals surface area (Å²) in [7, 11) is 0. The van der Waals surface area contributed by atoms with Crippen LogP contribution in [0.1, 0.15) is 48.0 Å². The van der Waals surface area contributed by atoms with Crippen LogP contribution in [0, 0.1) is 17.3 Å². The van der Waals surface area contributed by atoms with E-state index in [1.54, 1.807) is 11.1 Å². The van der Waals surface area contributed by atoms with Gasteiger partial charge in [0.2, 0.25) is 0 Å². The Labute approximate surface area is 77.1 Å². The van der Waals surface area contributed by atoms with Crippen LogP contribution in [0.2, 0.25) is 0 Å². The van der Waals surface area contributed by atoms with E-state index in [2.05, 4.69) is 41.5 Å². The highest BCUT2D eigenvalue weighted by atomic mass is 14.4. The fourth-order valence-electron chi connectivity index (χ4n) is 2.44. The average Bonchev–Trinajstić information content (AvgIpc) is 1.97. The van der Waals surface area contributed by atoms with E-state index < -0.39 is 0 Å². The van der Waals surface area contributed by atoms with E-state index >= 15 is 0 Å². The summed E-state index contributed by atoms with van der Waals surface area (Å²) in [6, 6.07) is 0. The smallest absolute Gasteiger partial charge is 0.0180 e. The maximum atomic E-state index is 2.39. The molecule has 0 N–H and O–H groups in total. The van der Waals surface area contributed by atoms with Crippen molar-refractivity contribution in [3.8, 4) is 0 Å². The van der Waals surface area contributed by atoms with Crippen LogP contribution >= 0.6 is 0 Å². The van der Waals surface area contributed by atoms with Crippen LogP contribution in [0.5, 0.6) is 0 Å². The quantitative estimate of drug-likeness (QED) is 0.477. The molecule has 0 unspecified atom stereocenters. The highest BCUT2D eigenvalue weighted by Crippen LogP contribution is 2.45. The van der Waals surface area contributed by atoms with Crippen molar-refractivity contribution in [1.82, 2.24) is 0 Å². The minimum Gasteiger partial charge on any atom is -0.0713 e. The third kappa shape index (κ3) is 1.44. The molecule has 1 aliphatic carbocycles. The van der Waals surface area contributed by atoms with Crippen LogP contribution < -0.4 is 0 Å². The van der Waals surface area contributed by atoms with E-state index in [1.165, 1.54) is 6.42 Å². The Kier molecular flexibility index (Phi) is 2.38. The zero-order chi connectivity index (χ0) is 9.52. The second kappa shape index (κ2) is 2.90. The van der Waals surface area contributed by atoms with Crippen molar-refractivity contribution < 1.29 is 0 Å². The van der Waals surface area contributed by atoms with Crippen molar-refractivity contribution in [3.05, 3.63) is 11.1 Å². The molecule has 70 valence electrons. The summed E-state index contributed by atoms with van der Waals surface area (Å²) < 4.78 is 0. The van der Waals surface area contributed by atoms with Gasteiger partial charge in [-0.15, -0.1) is 0 Å². The van der Waals surface area contributed by atoms with Crippen LogP contribution in [0.3, 0.4) is 0 Å². The summed E-state index contributed by atoms with van der Waals surface area (Å²) in [5, 5.41) is 0. The normalized spacial score (nSPS) is 35.5. The van der Waals surface area contributed by atoms with Gasteiger partial charge in [-0.05, 0) is 37.5 Å². The SMILES string of the molecule is CC1=C(C)[C@H](C)C(C)(C)C[C@H]1C. The van der Waals surface area contributed by atoms with Crippen molar-refractivity contribution in [2.45, 2.75) is 48.0 Å². The molecule has 0 heterocycles. The van der Waals surface area contributed by atoms with Gasteiger partial charge in [0.1, 0.15) is 0 Å². The summed E-state index contributed by atoms with van der Waals surface area (Å²) in [6.07, 6.45) is 1.34. The Bertz CT molecular complexity index is 208. The first-order chi connectivity index (χ1) is 5.36. The molecule has 0 aromatic carbocycles. The number of hydrogen-bond acceptors (Lipinski definition) is 0. The molecule has 0 amide bonds. The van der Waals surface area contributed by atoms with Gasteiger partial charge in [0, 0.05) is 0 Å². The standard InChI is InChI=1S/C12H22/c1-8-7-12(5,6)11(4)10(3)9(8)2/h8,11H,7H2,1-6H3/t8-,11+/m1/s1. The van der Waals surface area contributed by atoms with Gasteiger partial charge in [0.15, 0.2) is 0 Å². The first-order valence-corrected chi connectivity index (χ1v) is 5.03. The molecule has 12 heavy (non-hydrogen) atoms. The molecule has 0 fully saturated rings. The van der Waals surface area contributed by atoms with Gasteiger partial charge in [-0.1, -0.05) is 38.8 Å². The van der Waals surface area contributed by atoms with E-state index in [-0.39, 0.29) is 0 Å². The molecule has 0 spiro atoms. The predicted octanol–water partition coefficient (Wildman–Crippen LogP) is 4.02. The average molecular weight is 166 g/mol. The lowest BCUT2D eigenvalue weighted by Gasteiger charge is -2.41. The summed E-state index contributed by atoms with van der Waals surface area (Å²) in [5.41, 5.74) is 3.75. The van der Waals surface area contributed by atoms with E-state index in [0.29, 0.717) is 5.41 Å². The predicted molar refractivity (Wildman–Crippen MR) is 55.1 cm³/mol. The minimum absolute atomic E-state index is 0.503. The molecule has 0 aromatic heterocycles. The van der Waals surface area contributed by atoms with Crippen LogP contribution in [0.4, 0.5) is 0 Å². The van der Waals surface area contributed by atoms with Crippen LogP contribution in [-0.2, 0) is 0 Å². The fourth-order valence-corrected chi connectivity index (χ4v) is 2.44. The van der Waals surface area contributed by atoms with Gasteiger partial charge in [-0.3, -0.25) is 0 Å². The zero-order valence-corrected chi connectivity index (χ0v) is 9.36. The maximum absolute atomic E-state index is 2.39. The number of rotatable bonds is 0. The van der Waals surface area contributed by atoms with Crippen LogP contribution in [-0.4, -0.2) is 0 Å². The van der Waals surface area contributed by atoms with Crippen molar-refractivity contribution in [3.63, 3.8) is 0 Å².